The van der Waals surface area contributed by atoms with E-state index >= 15 is 0 Å². The van der Waals surface area contributed by atoms with E-state index in [1.807, 2.05) is 13.0 Å². The van der Waals surface area contributed by atoms with Crippen molar-refractivity contribution in [3.63, 3.8) is 0 Å². The molecular weight excluding hydrogens is 232 g/mol. The van der Waals surface area contributed by atoms with Crippen LogP contribution in [0.25, 0.3) is 11.3 Å². The summed E-state index contributed by atoms with van der Waals surface area (Å²) in [5.74, 6) is 0.376. The summed E-state index contributed by atoms with van der Waals surface area (Å²) in [5, 5.41) is 10.1. The highest BCUT2D eigenvalue weighted by Crippen LogP contribution is 2.35. The topological polar surface area (TPSA) is 89.3 Å². The average molecular weight is 246 g/mol. The summed E-state index contributed by atoms with van der Waals surface area (Å²) >= 11 is 0. The summed E-state index contributed by atoms with van der Waals surface area (Å²) < 4.78 is 5.56. The van der Waals surface area contributed by atoms with Gasteiger partial charge in [0.05, 0.1) is 16.8 Å². The molecule has 0 aliphatic rings. The maximum atomic E-state index is 11.2. The number of aromatic nitrogens is 1. The minimum absolute atomic E-state index is 0.00921. The predicted octanol–water partition coefficient (Wildman–Crippen LogP) is 2.02. The molecule has 0 aliphatic carbocycles. The summed E-state index contributed by atoms with van der Waals surface area (Å²) in [6.07, 6.45) is 2.02. The molecule has 0 aliphatic heterocycles. The molecule has 0 saturated carbocycles. The first-order valence-corrected chi connectivity index (χ1v) is 5.62. The highest BCUT2D eigenvalue weighted by atomic mass is 16.3. The fourth-order valence-electron chi connectivity index (χ4n) is 1.77. The average Bonchev–Trinajstić information content (AvgIpc) is 2.77. The normalized spacial score (nSPS) is 10.6. The summed E-state index contributed by atoms with van der Waals surface area (Å²) in [6.45, 7) is 3.70. The van der Waals surface area contributed by atoms with E-state index in [1.165, 1.54) is 6.20 Å². The van der Waals surface area contributed by atoms with Crippen molar-refractivity contribution >= 4 is 5.91 Å². The van der Waals surface area contributed by atoms with Crippen LogP contribution in [0.4, 0.5) is 0 Å². The lowest BCUT2D eigenvalue weighted by molar-refractivity contribution is 0.0997. The molecule has 94 valence electrons. The molecule has 0 spiro atoms. The molecule has 18 heavy (non-hydrogen) atoms. The third-order valence-corrected chi connectivity index (χ3v) is 2.76. The van der Waals surface area contributed by atoms with Crippen molar-refractivity contribution in [1.29, 1.82) is 0 Å². The Labute approximate surface area is 104 Å². The molecule has 2 aromatic heterocycles. The molecule has 2 heterocycles. The van der Waals surface area contributed by atoms with Gasteiger partial charge in [-0.2, -0.15) is 0 Å². The van der Waals surface area contributed by atoms with Crippen molar-refractivity contribution in [1.82, 2.24) is 4.98 Å². The van der Waals surface area contributed by atoms with Crippen LogP contribution in [0.3, 0.4) is 0 Å². The number of aromatic hydroxyl groups is 1. The molecule has 0 fully saturated rings. The Bertz CT molecular complexity index is 602. The van der Waals surface area contributed by atoms with Gasteiger partial charge in [-0.1, -0.05) is 6.92 Å². The minimum atomic E-state index is -0.719. The van der Waals surface area contributed by atoms with Crippen LogP contribution in [-0.4, -0.2) is 16.0 Å². The van der Waals surface area contributed by atoms with Gasteiger partial charge in [0.1, 0.15) is 17.3 Å². The number of nitrogens with zero attached hydrogens (tertiary/aromatic N) is 1. The van der Waals surface area contributed by atoms with Crippen LogP contribution in [0.2, 0.25) is 0 Å². The number of carbonyl (C=O) groups is 1. The molecule has 0 saturated heterocycles. The summed E-state index contributed by atoms with van der Waals surface area (Å²) in [5.41, 5.74) is 6.15. The van der Waals surface area contributed by atoms with Crippen LogP contribution in [0.1, 0.15) is 28.7 Å². The van der Waals surface area contributed by atoms with E-state index in [0.717, 1.165) is 12.2 Å². The second-order valence-corrected chi connectivity index (χ2v) is 3.96. The Morgan fingerprint density at radius 3 is 2.78 bits per heavy atom. The zero-order valence-electron chi connectivity index (χ0n) is 10.2. The van der Waals surface area contributed by atoms with E-state index in [9.17, 15) is 9.90 Å². The standard InChI is InChI=1S/C13H14N2O3/c1-3-8-4-5-10(18-8)11-7(2)15-6-9(12(11)16)13(14)17/h4-6H,3H2,1-2H3,(H2,14,17)(H,15,16). The lowest BCUT2D eigenvalue weighted by atomic mass is 10.1. The van der Waals surface area contributed by atoms with Gasteiger partial charge in [0.2, 0.25) is 0 Å². The number of carbonyl (C=O) groups excluding carboxylic acids is 1. The first kappa shape index (κ1) is 12.2. The van der Waals surface area contributed by atoms with Gasteiger partial charge in [0.25, 0.3) is 5.91 Å². The van der Waals surface area contributed by atoms with Crippen molar-refractivity contribution in [2.24, 2.45) is 5.73 Å². The number of hydrogen-bond acceptors (Lipinski definition) is 4. The second-order valence-electron chi connectivity index (χ2n) is 3.96. The van der Waals surface area contributed by atoms with Gasteiger partial charge < -0.3 is 15.3 Å². The molecule has 2 aromatic rings. The van der Waals surface area contributed by atoms with Crippen LogP contribution < -0.4 is 5.73 Å². The van der Waals surface area contributed by atoms with Crippen LogP contribution in [0, 0.1) is 6.92 Å². The Kier molecular flexibility index (Phi) is 3.06. The molecule has 5 heteroatoms. The number of pyridine rings is 1. The molecule has 0 atom stereocenters. The van der Waals surface area contributed by atoms with Crippen molar-refractivity contribution in [2.45, 2.75) is 20.3 Å². The van der Waals surface area contributed by atoms with Crippen molar-refractivity contribution < 1.29 is 14.3 Å². The summed E-state index contributed by atoms with van der Waals surface area (Å²) in [7, 11) is 0. The van der Waals surface area contributed by atoms with Crippen LogP contribution in [0.15, 0.2) is 22.7 Å². The van der Waals surface area contributed by atoms with E-state index in [-0.39, 0.29) is 11.3 Å². The van der Waals surface area contributed by atoms with E-state index in [0.29, 0.717) is 17.0 Å². The molecule has 1 amide bonds. The fourth-order valence-corrected chi connectivity index (χ4v) is 1.77. The second kappa shape index (κ2) is 4.52. The quantitative estimate of drug-likeness (QED) is 0.866. The van der Waals surface area contributed by atoms with E-state index in [1.54, 1.807) is 13.0 Å². The molecule has 0 unspecified atom stereocenters. The maximum absolute atomic E-state index is 11.2. The first-order chi connectivity index (χ1) is 8.54. The molecule has 2 rings (SSSR count). The maximum Gasteiger partial charge on any atom is 0.254 e. The number of hydrogen-bond donors (Lipinski definition) is 2. The Balaban J connectivity index is 2.62. The molecular formula is C13H14N2O3. The highest BCUT2D eigenvalue weighted by molar-refractivity contribution is 5.97. The number of aryl methyl sites for hydroxylation is 2. The summed E-state index contributed by atoms with van der Waals surface area (Å²) in [4.78, 5) is 15.2. The fraction of sp³-hybridized carbons (Fsp3) is 0.231. The molecule has 3 N–H and O–H groups in total. The zero-order chi connectivity index (χ0) is 13.3. The predicted molar refractivity (Wildman–Crippen MR) is 66.2 cm³/mol. The van der Waals surface area contributed by atoms with Crippen molar-refractivity contribution in [3.8, 4) is 17.1 Å². The third kappa shape index (κ3) is 1.95. The van der Waals surface area contributed by atoms with E-state index in [2.05, 4.69) is 4.98 Å². The zero-order valence-corrected chi connectivity index (χ0v) is 10.2. The van der Waals surface area contributed by atoms with Crippen molar-refractivity contribution in [2.75, 3.05) is 0 Å². The summed E-state index contributed by atoms with van der Waals surface area (Å²) in [6, 6.07) is 3.57. The third-order valence-electron chi connectivity index (χ3n) is 2.76. The van der Waals surface area contributed by atoms with Gasteiger partial charge >= 0.3 is 0 Å². The SMILES string of the molecule is CCc1ccc(-c2c(C)ncc(C(N)=O)c2O)o1. The highest BCUT2D eigenvalue weighted by Gasteiger charge is 2.19. The number of amides is 1. The van der Waals surface area contributed by atoms with Gasteiger partial charge in [-0.3, -0.25) is 9.78 Å². The van der Waals surface area contributed by atoms with E-state index in [4.69, 9.17) is 10.2 Å². The van der Waals surface area contributed by atoms with Gasteiger partial charge in [-0.15, -0.1) is 0 Å². The van der Waals surface area contributed by atoms with Crippen LogP contribution >= 0.6 is 0 Å². The first-order valence-electron chi connectivity index (χ1n) is 5.62. The monoisotopic (exact) mass is 246 g/mol. The Morgan fingerprint density at radius 1 is 1.50 bits per heavy atom. The number of nitrogens with two attached hydrogens (primary N) is 1. The molecule has 0 radical (unpaired) electrons. The smallest absolute Gasteiger partial charge is 0.254 e. The Hall–Kier alpha value is -2.30. The molecule has 0 bridgehead atoms. The van der Waals surface area contributed by atoms with Gasteiger partial charge in [0, 0.05) is 12.6 Å². The van der Waals surface area contributed by atoms with E-state index < -0.39 is 5.91 Å². The number of rotatable bonds is 3. The number of primary amides is 1. The largest absolute Gasteiger partial charge is 0.506 e. The van der Waals surface area contributed by atoms with Gasteiger partial charge in [0.15, 0.2) is 0 Å². The lowest BCUT2D eigenvalue weighted by Gasteiger charge is -2.08. The van der Waals surface area contributed by atoms with Crippen molar-refractivity contribution in [3.05, 3.63) is 35.3 Å². The van der Waals surface area contributed by atoms with Gasteiger partial charge in [-0.25, -0.2) is 0 Å². The lowest BCUT2D eigenvalue weighted by Crippen LogP contribution is -2.12. The number of furan rings is 1. The minimum Gasteiger partial charge on any atom is -0.506 e. The van der Waals surface area contributed by atoms with Crippen LogP contribution in [0.5, 0.6) is 5.75 Å². The van der Waals surface area contributed by atoms with Gasteiger partial charge in [-0.05, 0) is 19.1 Å². The molecule has 5 nitrogen and oxygen atoms in total. The molecule has 0 aromatic carbocycles. The van der Waals surface area contributed by atoms with Crippen LogP contribution in [-0.2, 0) is 6.42 Å². The Morgan fingerprint density at radius 2 is 2.22 bits per heavy atom.